The van der Waals surface area contributed by atoms with Crippen molar-refractivity contribution in [2.75, 3.05) is 0 Å². The van der Waals surface area contributed by atoms with Gasteiger partial charge in [0, 0.05) is 4.91 Å². The standard InChI is InChI=1S/C6H10O2S/c1-5-2-3-6(4-5)9(7)8/h4-5H,2-3H2,1H3,(H,7,8). The maximum Gasteiger partial charge on any atom is 0.181 e. The van der Waals surface area contributed by atoms with E-state index in [2.05, 4.69) is 6.92 Å². The molecular weight excluding hydrogens is 136 g/mol. The highest BCUT2D eigenvalue weighted by Crippen LogP contribution is 2.24. The summed E-state index contributed by atoms with van der Waals surface area (Å²) in [6.07, 6.45) is 3.71. The van der Waals surface area contributed by atoms with Crippen LogP contribution in [0.15, 0.2) is 11.0 Å². The lowest BCUT2D eigenvalue weighted by Crippen LogP contribution is -1.86. The Hall–Kier alpha value is -0.150. The van der Waals surface area contributed by atoms with E-state index in [1.54, 1.807) is 0 Å². The molecule has 0 aromatic heterocycles. The van der Waals surface area contributed by atoms with Crippen LogP contribution in [0.1, 0.15) is 19.8 Å². The lowest BCUT2D eigenvalue weighted by Gasteiger charge is -1.89. The molecule has 2 unspecified atom stereocenters. The van der Waals surface area contributed by atoms with E-state index < -0.39 is 11.1 Å². The molecule has 0 heterocycles. The highest BCUT2D eigenvalue weighted by molar-refractivity contribution is 7.83. The number of allylic oxidation sites excluding steroid dienone is 2. The van der Waals surface area contributed by atoms with E-state index in [4.69, 9.17) is 4.55 Å². The monoisotopic (exact) mass is 146 g/mol. The highest BCUT2D eigenvalue weighted by atomic mass is 32.2. The summed E-state index contributed by atoms with van der Waals surface area (Å²) in [5, 5.41) is 0. The zero-order chi connectivity index (χ0) is 6.85. The van der Waals surface area contributed by atoms with E-state index in [0.717, 1.165) is 12.8 Å². The molecule has 52 valence electrons. The van der Waals surface area contributed by atoms with E-state index in [1.807, 2.05) is 6.08 Å². The molecule has 1 aliphatic carbocycles. The smallest absolute Gasteiger partial charge is 0.181 e. The Morgan fingerprint density at radius 1 is 1.89 bits per heavy atom. The zero-order valence-electron chi connectivity index (χ0n) is 5.33. The van der Waals surface area contributed by atoms with Gasteiger partial charge in [0.1, 0.15) is 0 Å². The Labute approximate surface area is 57.2 Å². The van der Waals surface area contributed by atoms with Crippen LogP contribution < -0.4 is 0 Å². The van der Waals surface area contributed by atoms with E-state index in [-0.39, 0.29) is 0 Å². The fourth-order valence-corrected chi connectivity index (χ4v) is 1.64. The minimum Gasteiger partial charge on any atom is -0.302 e. The largest absolute Gasteiger partial charge is 0.302 e. The molecule has 0 aromatic carbocycles. The van der Waals surface area contributed by atoms with Crippen molar-refractivity contribution in [3.8, 4) is 0 Å². The zero-order valence-corrected chi connectivity index (χ0v) is 6.15. The minimum atomic E-state index is -1.70. The van der Waals surface area contributed by atoms with E-state index in [0.29, 0.717) is 10.8 Å². The van der Waals surface area contributed by atoms with Gasteiger partial charge in [0.2, 0.25) is 0 Å². The summed E-state index contributed by atoms with van der Waals surface area (Å²) in [4.78, 5) is 0.697. The number of hydrogen-bond acceptors (Lipinski definition) is 1. The van der Waals surface area contributed by atoms with Crippen molar-refractivity contribution in [1.82, 2.24) is 0 Å². The second-order valence-corrected chi connectivity index (χ2v) is 3.42. The molecule has 1 N–H and O–H groups in total. The van der Waals surface area contributed by atoms with E-state index in [1.165, 1.54) is 0 Å². The van der Waals surface area contributed by atoms with Gasteiger partial charge in [0.05, 0.1) is 0 Å². The number of hydrogen-bond donors (Lipinski definition) is 1. The molecule has 1 rings (SSSR count). The first kappa shape index (κ1) is 6.96. The van der Waals surface area contributed by atoms with Gasteiger partial charge in [-0.1, -0.05) is 13.0 Å². The van der Waals surface area contributed by atoms with Gasteiger partial charge < -0.3 is 4.55 Å². The summed E-state index contributed by atoms with van der Waals surface area (Å²) in [5.74, 6) is 0.496. The fraction of sp³-hybridized carbons (Fsp3) is 0.667. The third kappa shape index (κ3) is 1.63. The van der Waals surface area contributed by atoms with Crippen LogP contribution in [0.25, 0.3) is 0 Å². The van der Waals surface area contributed by atoms with Gasteiger partial charge in [-0.2, -0.15) is 0 Å². The second-order valence-electron chi connectivity index (χ2n) is 2.40. The van der Waals surface area contributed by atoms with Gasteiger partial charge in [0.15, 0.2) is 11.1 Å². The molecule has 0 aliphatic heterocycles. The maximum absolute atomic E-state index is 10.4. The molecule has 1 aliphatic rings. The molecule has 0 fully saturated rings. The van der Waals surface area contributed by atoms with Gasteiger partial charge in [-0.3, -0.25) is 0 Å². The van der Waals surface area contributed by atoms with Gasteiger partial charge in [-0.05, 0) is 18.8 Å². The van der Waals surface area contributed by atoms with E-state index in [9.17, 15) is 4.21 Å². The van der Waals surface area contributed by atoms with Gasteiger partial charge >= 0.3 is 0 Å². The van der Waals surface area contributed by atoms with Crippen LogP contribution in [-0.4, -0.2) is 8.76 Å². The molecule has 0 amide bonds. The van der Waals surface area contributed by atoms with Gasteiger partial charge in [-0.25, -0.2) is 4.21 Å². The summed E-state index contributed by atoms with van der Waals surface area (Å²) in [5.41, 5.74) is 0. The van der Waals surface area contributed by atoms with Crippen molar-refractivity contribution in [1.29, 1.82) is 0 Å². The lowest BCUT2D eigenvalue weighted by molar-refractivity contribution is 0.569. The Kier molecular flexibility index (Phi) is 2.03. The van der Waals surface area contributed by atoms with Crippen LogP contribution in [0.4, 0.5) is 0 Å². The Balaban J connectivity index is 2.62. The van der Waals surface area contributed by atoms with Crippen molar-refractivity contribution < 1.29 is 8.76 Å². The average Bonchev–Trinajstić information content (AvgIpc) is 2.14. The van der Waals surface area contributed by atoms with Crippen molar-refractivity contribution >= 4 is 11.1 Å². The molecule has 2 nitrogen and oxygen atoms in total. The predicted octanol–water partition coefficient (Wildman–Crippen LogP) is 1.52. The molecular formula is C6H10O2S. The molecule has 0 saturated carbocycles. The summed E-state index contributed by atoms with van der Waals surface area (Å²) in [7, 11) is 0. The SMILES string of the molecule is CC1C=C(S(=O)O)CC1. The molecule has 9 heavy (non-hydrogen) atoms. The Morgan fingerprint density at radius 3 is 2.78 bits per heavy atom. The van der Waals surface area contributed by atoms with Crippen molar-refractivity contribution in [3.63, 3.8) is 0 Å². The fourth-order valence-electron chi connectivity index (χ4n) is 0.999. The topological polar surface area (TPSA) is 37.3 Å². The molecule has 0 radical (unpaired) electrons. The molecule has 0 spiro atoms. The van der Waals surface area contributed by atoms with Gasteiger partial charge in [0.25, 0.3) is 0 Å². The summed E-state index contributed by atoms with van der Waals surface area (Å²) >= 11 is -1.70. The maximum atomic E-state index is 10.4. The van der Waals surface area contributed by atoms with Crippen molar-refractivity contribution in [2.45, 2.75) is 19.8 Å². The Bertz CT molecular complexity index is 162. The van der Waals surface area contributed by atoms with Crippen LogP contribution >= 0.6 is 0 Å². The second kappa shape index (κ2) is 2.62. The summed E-state index contributed by atoms with van der Waals surface area (Å²) in [6.45, 7) is 2.06. The molecule has 2 atom stereocenters. The third-order valence-electron chi connectivity index (χ3n) is 1.54. The first-order valence-corrected chi connectivity index (χ1v) is 4.12. The van der Waals surface area contributed by atoms with E-state index >= 15 is 0 Å². The lowest BCUT2D eigenvalue weighted by atomic mass is 10.2. The number of rotatable bonds is 1. The minimum absolute atomic E-state index is 0.496. The molecule has 0 saturated heterocycles. The van der Waals surface area contributed by atoms with Gasteiger partial charge in [-0.15, -0.1) is 0 Å². The van der Waals surface area contributed by atoms with Crippen LogP contribution in [0.2, 0.25) is 0 Å². The third-order valence-corrected chi connectivity index (χ3v) is 2.33. The summed E-state index contributed by atoms with van der Waals surface area (Å²) < 4.78 is 19.0. The molecule has 3 heteroatoms. The van der Waals surface area contributed by atoms with Crippen LogP contribution in [0.3, 0.4) is 0 Å². The first-order valence-electron chi connectivity index (χ1n) is 3.01. The van der Waals surface area contributed by atoms with Crippen molar-refractivity contribution in [3.05, 3.63) is 11.0 Å². The molecule has 0 bridgehead atoms. The average molecular weight is 146 g/mol. The van der Waals surface area contributed by atoms with Crippen LogP contribution in [0, 0.1) is 5.92 Å². The highest BCUT2D eigenvalue weighted by Gasteiger charge is 2.14. The Morgan fingerprint density at radius 2 is 2.56 bits per heavy atom. The predicted molar refractivity (Wildman–Crippen MR) is 37.3 cm³/mol. The normalized spacial score (nSPS) is 30.0. The first-order chi connectivity index (χ1) is 4.20. The quantitative estimate of drug-likeness (QED) is 0.569. The van der Waals surface area contributed by atoms with Crippen molar-refractivity contribution in [2.24, 2.45) is 5.92 Å². The van der Waals surface area contributed by atoms with Crippen LogP contribution in [0.5, 0.6) is 0 Å². The summed E-state index contributed by atoms with van der Waals surface area (Å²) in [6, 6.07) is 0. The van der Waals surface area contributed by atoms with Crippen LogP contribution in [-0.2, 0) is 11.1 Å². The molecule has 0 aromatic rings.